The summed E-state index contributed by atoms with van der Waals surface area (Å²) >= 11 is 11.8. The molecule has 0 spiro atoms. The number of nitrogens with one attached hydrogen (secondary N) is 1. The van der Waals surface area contributed by atoms with Gasteiger partial charge in [0.25, 0.3) is 0 Å². The minimum atomic E-state index is 0.338. The molecule has 3 N–H and O–H groups in total. The Morgan fingerprint density at radius 3 is 2.60 bits per heavy atom. The van der Waals surface area contributed by atoms with Crippen LogP contribution in [0.1, 0.15) is 19.3 Å². The van der Waals surface area contributed by atoms with Crippen molar-refractivity contribution in [2.45, 2.75) is 31.3 Å². The summed E-state index contributed by atoms with van der Waals surface area (Å²) < 4.78 is 0. The highest BCUT2D eigenvalue weighted by atomic mass is 35.5. The molecule has 4 heteroatoms. The summed E-state index contributed by atoms with van der Waals surface area (Å²) in [6, 6.07) is 6.41. The lowest BCUT2D eigenvalue weighted by molar-refractivity contribution is 0.688. The van der Waals surface area contributed by atoms with E-state index in [-0.39, 0.29) is 0 Å². The lowest BCUT2D eigenvalue weighted by atomic mass is 10.2. The van der Waals surface area contributed by atoms with Crippen LogP contribution in [0.25, 0.3) is 0 Å². The Bertz CT molecular complexity index is 354. The SMILES string of the molecule is NC1CCC(Nc2ccc(Cl)c(Cl)c2)C1. The van der Waals surface area contributed by atoms with Gasteiger partial charge in [-0.2, -0.15) is 0 Å². The van der Waals surface area contributed by atoms with Gasteiger partial charge in [0.2, 0.25) is 0 Å². The van der Waals surface area contributed by atoms with E-state index < -0.39 is 0 Å². The number of rotatable bonds is 2. The second kappa shape index (κ2) is 4.60. The maximum absolute atomic E-state index is 5.93. The first-order valence-corrected chi connectivity index (χ1v) is 5.88. The topological polar surface area (TPSA) is 38.0 Å². The number of anilines is 1. The van der Waals surface area contributed by atoms with Gasteiger partial charge in [0.05, 0.1) is 10.0 Å². The summed E-state index contributed by atoms with van der Waals surface area (Å²) in [6.45, 7) is 0. The molecule has 2 nitrogen and oxygen atoms in total. The van der Waals surface area contributed by atoms with E-state index >= 15 is 0 Å². The van der Waals surface area contributed by atoms with Crippen LogP contribution in [-0.2, 0) is 0 Å². The van der Waals surface area contributed by atoms with Crippen LogP contribution in [0.5, 0.6) is 0 Å². The lowest BCUT2D eigenvalue weighted by Gasteiger charge is -2.14. The third-order valence-corrected chi connectivity index (χ3v) is 3.50. The molecule has 0 amide bonds. The standard InChI is InChI=1S/C11H14Cl2N2/c12-10-4-3-9(6-11(10)13)15-8-2-1-7(14)5-8/h3-4,6-8,15H,1-2,5,14H2. The molecule has 1 saturated carbocycles. The quantitative estimate of drug-likeness (QED) is 0.839. The number of hydrogen-bond acceptors (Lipinski definition) is 2. The molecule has 0 aromatic heterocycles. The number of hydrogen-bond donors (Lipinski definition) is 2. The Balaban J connectivity index is 2.02. The van der Waals surface area contributed by atoms with E-state index in [0.29, 0.717) is 22.1 Å². The molecule has 2 unspecified atom stereocenters. The Kier molecular flexibility index (Phi) is 3.39. The van der Waals surface area contributed by atoms with Crippen LogP contribution in [0.4, 0.5) is 5.69 Å². The first-order valence-electron chi connectivity index (χ1n) is 5.12. The van der Waals surface area contributed by atoms with E-state index in [1.807, 2.05) is 12.1 Å². The maximum atomic E-state index is 5.93. The minimum Gasteiger partial charge on any atom is -0.382 e. The monoisotopic (exact) mass is 244 g/mol. The fourth-order valence-electron chi connectivity index (χ4n) is 1.97. The first kappa shape index (κ1) is 11.1. The second-order valence-corrected chi connectivity index (χ2v) is 4.86. The summed E-state index contributed by atoms with van der Waals surface area (Å²) in [4.78, 5) is 0. The fourth-order valence-corrected chi connectivity index (χ4v) is 2.27. The fraction of sp³-hybridized carbons (Fsp3) is 0.455. The van der Waals surface area contributed by atoms with Crippen LogP contribution in [0.3, 0.4) is 0 Å². The van der Waals surface area contributed by atoms with Crippen LogP contribution in [0, 0.1) is 0 Å². The molecule has 0 bridgehead atoms. The van der Waals surface area contributed by atoms with Crippen LogP contribution >= 0.6 is 23.2 Å². The van der Waals surface area contributed by atoms with E-state index in [4.69, 9.17) is 28.9 Å². The van der Waals surface area contributed by atoms with Gasteiger partial charge in [-0.05, 0) is 37.5 Å². The third-order valence-electron chi connectivity index (χ3n) is 2.76. The average Bonchev–Trinajstić information content (AvgIpc) is 2.58. The van der Waals surface area contributed by atoms with Crippen molar-refractivity contribution in [1.29, 1.82) is 0 Å². The number of nitrogens with two attached hydrogens (primary N) is 1. The van der Waals surface area contributed by atoms with Crippen LogP contribution < -0.4 is 11.1 Å². The molecule has 0 aliphatic heterocycles. The van der Waals surface area contributed by atoms with Crippen molar-refractivity contribution in [3.63, 3.8) is 0 Å². The Morgan fingerprint density at radius 2 is 2.00 bits per heavy atom. The zero-order valence-electron chi connectivity index (χ0n) is 8.34. The van der Waals surface area contributed by atoms with Crippen molar-refractivity contribution in [3.05, 3.63) is 28.2 Å². The summed E-state index contributed by atoms with van der Waals surface area (Å²) in [7, 11) is 0. The van der Waals surface area contributed by atoms with Crippen LogP contribution in [0.2, 0.25) is 10.0 Å². The summed E-state index contributed by atoms with van der Waals surface area (Å²) in [5.74, 6) is 0. The molecular formula is C11H14Cl2N2. The van der Waals surface area contributed by atoms with Gasteiger partial charge in [0.1, 0.15) is 0 Å². The zero-order chi connectivity index (χ0) is 10.8. The predicted molar refractivity (Wildman–Crippen MR) is 65.7 cm³/mol. The summed E-state index contributed by atoms with van der Waals surface area (Å²) in [5.41, 5.74) is 6.86. The molecule has 15 heavy (non-hydrogen) atoms. The molecule has 2 atom stereocenters. The molecule has 1 aliphatic rings. The van der Waals surface area contributed by atoms with Gasteiger partial charge in [0, 0.05) is 17.8 Å². The largest absolute Gasteiger partial charge is 0.382 e. The third kappa shape index (κ3) is 2.77. The van der Waals surface area contributed by atoms with Gasteiger partial charge in [0.15, 0.2) is 0 Å². The van der Waals surface area contributed by atoms with Crippen LogP contribution in [0.15, 0.2) is 18.2 Å². The molecule has 0 radical (unpaired) electrons. The highest BCUT2D eigenvalue weighted by Gasteiger charge is 2.21. The molecule has 1 aromatic rings. The smallest absolute Gasteiger partial charge is 0.0612 e. The average molecular weight is 245 g/mol. The Labute approximate surface area is 99.7 Å². The van der Waals surface area contributed by atoms with Crippen molar-refractivity contribution >= 4 is 28.9 Å². The van der Waals surface area contributed by atoms with E-state index in [1.54, 1.807) is 6.07 Å². The van der Waals surface area contributed by atoms with Crippen molar-refractivity contribution in [3.8, 4) is 0 Å². The number of halogens is 2. The zero-order valence-corrected chi connectivity index (χ0v) is 9.85. The number of benzene rings is 1. The predicted octanol–water partition coefficient (Wildman–Crippen LogP) is 3.29. The van der Waals surface area contributed by atoms with Crippen molar-refractivity contribution in [2.24, 2.45) is 5.73 Å². The van der Waals surface area contributed by atoms with Gasteiger partial charge in [-0.1, -0.05) is 23.2 Å². The highest BCUT2D eigenvalue weighted by Crippen LogP contribution is 2.27. The van der Waals surface area contributed by atoms with Crippen molar-refractivity contribution in [2.75, 3.05) is 5.32 Å². The van der Waals surface area contributed by atoms with Gasteiger partial charge in [-0.3, -0.25) is 0 Å². The first-order chi connectivity index (χ1) is 7.15. The maximum Gasteiger partial charge on any atom is 0.0612 e. The summed E-state index contributed by atoms with van der Waals surface area (Å²) in [5, 5.41) is 4.59. The van der Waals surface area contributed by atoms with Crippen molar-refractivity contribution < 1.29 is 0 Å². The normalized spacial score (nSPS) is 25.5. The van der Waals surface area contributed by atoms with Gasteiger partial charge >= 0.3 is 0 Å². The van der Waals surface area contributed by atoms with E-state index in [0.717, 1.165) is 24.9 Å². The molecule has 82 valence electrons. The second-order valence-electron chi connectivity index (χ2n) is 4.04. The molecule has 1 fully saturated rings. The molecular weight excluding hydrogens is 231 g/mol. The van der Waals surface area contributed by atoms with E-state index in [2.05, 4.69) is 5.32 Å². The van der Waals surface area contributed by atoms with Gasteiger partial charge in [-0.25, -0.2) is 0 Å². The molecule has 0 heterocycles. The van der Waals surface area contributed by atoms with Crippen molar-refractivity contribution in [1.82, 2.24) is 0 Å². The van der Waals surface area contributed by atoms with Gasteiger partial charge in [-0.15, -0.1) is 0 Å². The van der Waals surface area contributed by atoms with Crippen LogP contribution in [-0.4, -0.2) is 12.1 Å². The highest BCUT2D eigenvalue weighted by molar-refractivity contribution is 6.42. The lowest BCUT2D eigenvalue weighted by Crippen LogP contribution is -2.20. The summed E-state index contributed by atoms with van der Waals surface area (Å²) in [6.07, 6.45) is 3.25. The molecule has 1 aliphatic carbocycles. The van der Waals surface area contributed by atoms with E-state index in [1.165, 1.54) is 0 Å². The minimum absolute atomic E-state index is 0.338. The molecule has 2 rings (SSSR count). The Hall–Kier alpha value is -0.440. The molecule has 0 saturated heterocycles. The van der Waals surface area contributed by atoms with Gasteiger partial charge < -0.3 is 11.1 Å². The molecule has 1 aromatic carbocycles. The van der Waals surface area contributed by atoms with E-state index in [9.17, 15) is 0 Å². The Morgan fingerprint density at radius 1 is 1.20 bits per heavy atom.